The lowest BCUT2D eigenvalue weighted by atomic mass is 9.53. The number of carbonyl (C=O) groups is 4. The average Bonchev–Trinajstić information content (AvgIpc) is 3.70. The minimum absolute atomic E-state index is 0.0578. The van der Waals surface area contributed by atoms with Gasteiger partial charge in [-0.15, -0.1) is 23.2 Å². The molecule has 2 unspecified atom stereocenters. The van der Waals surface area contributed by atoms with E-state index in [0.29, 0.717) is 74.9 Å². The van der Waals surface area contributed by atoms with Gasteiger partial charge in [0.1, 0.15) is 11.5 Å². The van der Waals surface area contributed by atoms with Gasteiger partial charge in [0.2, 0.25) is 11.8 Å². The van der Waals surface area contributed by atoms with Crippen molar-refractivity contribution in [3.63, 3.8) is 0 Å². The van der Waals surface area contributed by atoms with E-state index in [1.54, 1.807) is 0 Å². The molecule has 0 spiro atoms. The van der Waals surface area contributed by atoms with E-state index in [2.05, 4.69) is 0 Å². The summed E-state index contributed by atoms with van der Waals surface area (Å²) in [7, 11) is 0. The van der Waals surface area contributed by atoms with Crippen LogP contribution in [0.1, 0.15) is 75.3 Å². The second kappa shape index (κ2) is 12.3. The van der Waals surface area contributed by atoms with Crippen molar-refractivity contribution in [2.75, 3.05) is 34.6 Å². The lowest BCUT2D eigenvalue weighted by molar-refractivity contribution is -0.147. The fraction of sp³-hybridized carbons (Fsp3) is 0.400. The third-order valence-electron chi connectivity index (χ3n) is 11.8. The summed E-state index contributed by atoms with van der Waals surface area (Å²) in [6.07, 6.45) is 3.64. The third-order valence-corrected chi connectivity index (χ3v) is 12.5. The summed E-state index contributed by atoms with van der Waals surface area (Å²) in [4.78, 5) is 57.3. The molecule has 4 aromatic rings. The zero-order chi connectivity index (χ0) is 34.9. The van der Waals surface area contributed by atoms with Gasteiger partial charge < -0.3 is 19.3 Å². The van der Waals surface area contributed by atoms with Crippen LogP contribution in [0.15, 0.2) is 60.7 Å². The summed E-state index contributed by atoms with van der Waals surface area (Å²) in [5.74, 6) is 0.717. The number of fused-ring (bicyclic) bond motifs is 9. The maximum atomic E-state index is 14.7. The van der Waals surface area contributed by atoms with Crippen LogP contribution in [0.25, 0.3) is 21.5 Å². The lowest BCUT2D eigenvalue weighted by Gasteiger charge is -2.53. The molecule has 4 aromatic carbocycles. The highest BCUT2D eigenvalue weighted by Crippen LogP contribution is 2.60. The maximum absolute atomic E-state index is 14.7. The maximum Gasteiger partial charge on any atom is 0.308 e. The molecule has 258 valence electrons. The second-order valence-corrected chi connectivity index (χ2v) is 15.1. The van der Waals surface area contributed by atoms with Crippen molar-refractivity contribution in [3.8, 4) is 11.5 Å². The van der Waals surface area contributed by atoms with Crippen LogP contribution in [0.2, 0.25) is 0 Å². The molecule has 0 aromatic heterocycles. The topological polar surface area (TPSA) is 93.2 Å². The minimum Gasteiger partial charge on any atom is -0.426 e. The van der Waals surface area contributed by atoms with Crippen LogP contribution in [0.4, 0.5) is 11.4 Å². The molecule has 50 heavy (non-hydrogen) atoms. The first kappa shape index (κ1) is 33.0. The third kappa shape index (κ3) is 5.01. The molecule has 2 aliphatic heterocycles. The van der Waals surface area contributed by atoms with Gasteiger partial charge >= 0.3 is 11.9 Å². The first-order chi connectivity index (χ1) is 24.1. The number of benzene rings is 4. The Labute approximate surface area is 300 Å². The number of carbonyl (C=O) groups excluding carboxylic acids is 4. The fourth-order valence-electron chi connectivity index (χ4n) is 9.34. The second-order valence-electron chi connectivity index (χ2n) is 14.5. The van der Waals surface area contributed by atoms with Crippen molar-refractivity contribution in [1.29, 1.82) is 0 Å². The van der Waals surface area contributed by atoms with Crippen LogP contribution < -0.4 is 19.3 Å². The molecular weight excluding hydrogens is 675 g/mol. The number of esters is 2. The standard InChI is InChI=1S/C40H38Cl2N2O6/c1-23(45)49-33-17-31-35(29-9-5-3-7-27(29)33)25(19-41)21-43(31)37(47)39-11-14-40(15-12-39,16-13-39)38(48)44-22-26(20-42)36-30-10-6-4-8-28(30)34(18-32(36)44)50-24(2)46/h3-10,17-18,25-26H,11-16,19-22H2,1-2H3. The van der Waals surface area contributed by atoms with Crippen molar-refractivity contribution in [2.45, 2.75) is 64.2 Å². The van der Waals surface area contributed by atoms with Crippen LogP contribution in [-0.2, 0) is 19.2 Å². The molecule has 2 heterocycles. The normalized spacial score (nSPS) is 25.1. The van der Waals surface area contributed by atoms with Crippen molar-refractivity contribution < 1.29 is 28.7 Å². The van der Waals surface area contributed by atoms with E-state index >= 15 is 0 Å². The van der Waals surface area contributed by atoms with Crippen LogP contribution >= 0.6 is 23.2 Å². The van der Waals surface area contributed by atoms with Crippen LogP contribution in [-0.4, -0.2) is 48.6 Å². The molecule has 3 aliphatic carbocycles. The van der Waals surface area contributed by atoms with Crippen LogP contribution in [0, 0.1) is 10.8 Å². The quantitative estimate of drug-likeness (QED) is 0.114. The number of hydrogen-bond acceptors (Lipinski definition) is 6. The number of hydrogen-bond donors (Lipinski definition) is 0. The van der Waals surface area contributed by atoms with Crippen molar-refractivity contribution in [1.82, 2.24) is 0 Å². The van der Waals surface area contributed by atoms with Gasteiger partial charge in [-0.25, -0.2) is 0 Å². The predicted molar refractivity (Wildman–Crippen MR) is 195 cm³/mol. The Hall–Kier alpha value is -4.14. The first-order valence-corrected chi connectivity index (χ1v) is 18.4. The molecule has 5 aliphatic rings. The SMILES string of the molecule is CC(=O)Oc1cc2c(c3ccccc13)C(CCl)CN2C(=O)C12CCC(C(=O)N3CC(CCl)c4c3cc(OC(C)=O)c3ccccc43)(CC1)CC2. The summed E-state index contributed by atoms with van der Waals surface area (Å²) in [6.45, 7) is 3.67. The molecule has 0 N–H and O–H groups in total. The minimum atomic E-state index is -0.589. The van der Waals surface area contributed by atoms with Gasteiger partial charge in [0, 0.05) is 84.3 Å². The number of ether oxygens (including phenoxy) is 2. The highest BCUT2D eigenvalue weighted by molar-refractivity contribution is 6.20. The Morgan fingerprint density at radius 2 is 0.960 bits per heavy atom. The Balaban J connectivity index is 1.09. The van der Waals surface area contributed by atoms with Gasteiger partial charge in [-0.3, -0.25) is 19.2 Å². The summed E-state index contributed by atoms with van der Waals surface area (Å²) >= 11 is 13.1. The van der Waals surface area contributed by atoms with E-state index in [-0.39, 0.29) is 23.7 Å². The number of alkyl halides is 2. The molecule has 2 amide bonds. The molecule has 2 atom stereocenters. The Morgan fingerprint density at radius 1 is 0.620 bits per heavy atom. The Bertz CT molecular complexity index is 1940. The largest absolute Gasteiger partial charge is 0.426 e. The molecule has 10 heteroatoms. The lowest BCUT2D eigenvalue weighted by Crippen LogP contribution is -2.56. The highest BCUT2D eigenvalue weighted by atomic mass is 35.5. The van der Waals surface area contributed by atoms with Gasteiger partial charge in [0.25, 0.3) is 0 Å². The van der Waals surface area contributed by atoms with Crippen LogP contribution in [0.5, 0.6) is 11.5 Å². The van der Waals surface area contributed by atoms with Gasteiger partial charge in [0.05, 0.1) is 11.4 Å². The van der Waals surface area contributed by atoms with E-state index in [9.17, 15) is 19.2 Å². The zero-order valence-electron chi connectivity index (χ0n) is 28.1. The number of rotatable bonds is 6. The molecule has 0 saturated heterocycles. The monoisotopic (exact) mass is 712 g/mol. The molecule has 8 nitrogen and oxygen atoms in total. The summed E-state index contributed by atoms with van der Waals surface area (Å²) < 4.78 is 11.3. The zero-order valence-corrected chi connectivity index (χ0v) is 29.6. The van der Waals surface area contributed by atoms with Crippen molar-refractivity contribution in [3.05, 3.63) is 71.8 Å². The molecular formula is C40H38Cl2N2O6. The fourth-order valence-corrected chi connectivity index (χ4v) is 9.84. The highest BCUT2D eigenvalue weighted by Gasteiger charge is 2.58. The number of anilines is 2. The molecule has 0 radical (unpaired) electrons. The smallest absolute Gasteiger partial charge is 0.308 e. The molecule has 3 saturated carbocycles. The number of halogens is 2. The van der Waals surface area contributed by atoms with Crippen molar-refractivity contribution >= 4 is 79.9 Å². The van der Waals surface area contributed by atoms with Crippen molar-refractivity contribution in [2.24, 2.45) is 10.8 Å². The van der Waals surface area contributed by atoms with Gasteiger partial charge in [-0.2, -0.15) is 0 Å². The van der Waals surface area contributed by atoms with Gasteiger partial charge in [0.15, 0.2) is 0 Å². The Morgan fingerprint density at radius 3 is 1.28 bits per heavy atom. The van der Waals surface area contributed by atoms with E-state index in [1.807, 2.05) is 70.5 Å². The summed E-state index contributed by atoms with van der Waals surface area (Å²) in [5, 5.41) is 3.50. The molecule has 2 bridgehead atoms. The summed E-state index contributed by atoms with van der Waals surface area (Å²) in [5.41, 5.74) is 2.34. The number of amides is 2. The first-order valence-electron chi connectivity index (χ1n) is 17.3. The Kier molecular flexibility index (Phi) is 8.11. The number of nitrogens with zero attached hydrogens (tertiary/aromatic N) is 2. The predicted octanol–water partition coefficient (Wildman–Crippen LogP) is 8.22. The van der Waals surface area contributed by atoms with Gasteiger partial charge in [-0.05, 0) is 60.4 Å². The average molecular weight is 714 g/mol. The molecule has 9 rings (SSSR count). The van der Waals surface area contributed by atoms with Gasteiger partial charge in [-0.1, -0.05) is 48.5 Å². The molecule has 3 fully saturated rings. The van der Waals surface area contributed by atoms with E-state index in [4.69, 9.17) is 32.7 Å². The summed E-state index contributed by atoms with van der Waals surface area (Å²) in [6, 6.07) is 19.2. The van der Waals surface area contributed by atoms with Crippen LogP contribution in [0.3, 0.4) is 0 Å². The van der Waals surface area contributed by atoms with E-state index < -0.39 is 22.8 Å². The van der Waals surface area contributed by atoms with E-state index in [0.717, 1.165) is 44.0 Å². The van der Waals surface area contributed by atoms with E-state index in [1.165, 1.54) is 13.8 Å².